The first kappa shape index (κ1) is 16.6. The molecule has 2 rings (SSSR count). The average Bonchev–Trinajstić information content (AvgIpc) is 2.98. The molecular weight excluding hydrogens is 305 g/mol. The van der Waals surface area contributed by atoms with E-state index in [0.717, 1.165) is 0 Å². The summed E-state index contributed by atoms with van der Waals surface area (Å²) in [5, 5.41) is 11.8. The fourth-order valence-electron chi connectivity index (χ4n) is 2.08. The Kier molecular flexibility index (Phi) is 6.03. The number of furan rings is 1. The molecule has 0 radical (unpaired) electrons. The Morgan fingerprint density at radius 3 is 2.82 bits per heavy atom. The van der Waals surface area contributed by atoms with Gasteiger partial charge in [-0.3, -0.25) is 4.79 Å². The van der Waals surface area contributed by atoms with Crippen molar-refractivity contribution in [1.29, 1.82) is 0 Å². The van der Waals surface area contributed by atoms with Crippen LogP contribution in [0.2, 0.25) is 0 Å². The summed E-state index contributed by atoms with van der Waals surface area (Å²) in [6.07, 6.45) is 2.41. The van der Waals surface area contributed by atoms with Gasteiger partial charge in [-0.15, -0.1) is 0 Å². The molecule has 0 saturated carbocycles. The molecule has 2 aromatic rings. The molecule has 22 heavy (non-hydrogen) atoms. The first-order valence-corrected chi connectivity index (χ1v) is 8.30. The maximum absolute atomic E-state index is 13.7. The standard InChI is InChI=1S/C16H18FNO3S/c1-22-10-11(8-9-19)18-16(20)15-7-6-14(21-15)12-4-2-3-5-13(12)17/h2-7,11,19H,8-10H2,1H3,(H,18,20). The minimum atomic E-state index is -0.399. The number of aliphatic hydroxyl groups is 1. The molecule has 0 saturated heterocycles. The van der Waals surface area contributed by atoms with Gasteiger partial charge in [-0.25, -0.2) is 4.39 Å². The Labute approximate surface area is 132 Å². The normalized spacial score (nSPS) is 12.1. The Hall–Kier alpha value is -1.79. The molecule has 1 aromatic heterocycles. The van der Waals surface area contributed by atoms with Crippen molar-refractivity contribution in [3.05, 3.63) is 48.0 Å². The summed E-state index contributed by atoms with van der Waals surface area (Å²) in [5.74, 6) is 0.376. The predicted molar refractivity (Wildman–Crippen MR) is 85.4 cm³/mol. The van der Waals surface area contributed by atoms with Crippen molar-refractivity contribution in [1.82, 2.24) is 5.32 Å². The van der Waals surface area contributed by atoms with E-state index in [4.69, 9.17) is 9.52 Å². The zero-order valence-electron chi connectivity index (χ0n) is 12.2. The summed E-state index contributed by atoms with van der Waals surface area (Å²) in [5.41, 5.74) is 0.317. The van der Waals surface area contributed by atoms with Crippen molar-refractivity contribution in [2.75, 3.05) is 18.6 Å². The van der Waals surface area contributed by atoms with Gasteiger partial charge in [-0.2, -0.15) is 11.8 Å². The molecule has 0 spiro atoms. The van der Waals surface area contributed by atoms with Crippen molar-refractivity contribution < 1.29 is 18.7 Å². The second-order valence-corrected chi connectivity index (χ2v) is 5.69. The van der Waals surface area contributed by atoms with Crippen LogP contribution in [-0.2, 0) is 0 Å². The van der Waals surface area contributed by atoms with E-state index in [2.05, 4.69) is 5.32 Å². The van der Waals surface area contributed by atoms with Gasteiger partial charge in [0.05, 0.1) is 5.56 Å². The topological polar surface area (TPSA) is 62.5 Å². The highest BCUT2D eigenvalue weighted by molar-refractivity contribution is 7.98. The highest BCUT2D eigenvalue weighted by Gasteiger charge is 2.17. The lowest BCUT2D eigenvalue weighted by Gasteiger charge is -2.15. The maximum atomic E-state index is 13.7. The molecule has 0 aliphatic carbocycles. The summed E-state index contributed by atoms with van der Waals surface area (Å²) < 4.78 is 19.2. The van der Waals surface area contributed by atoms with Gasteiger partial charge >= 0.3 is 0 Å². The lowest BCUT2D eigenvalue weighted by molar-refractivity contribution is 0.0908. The van der Waals surface area contributed by atoms with Crippen LogP contribution in [0.4, 0.5) is 4.39 Å². The molecule has 1 unspecified atom stereocenters. The number of aliphatic hydroxyl groups excluding tert-OH is 1. The van der Waals surface area contributed by atoms with Crippen LogP contribution in [0.25, 0.3) is 11.3 Å². The number of amides is 1. The Balaban J connectivity index is 2.10. The Morgan fingerprint density at radius 2 is 2.14 bits per heavy atom. The fraction of sp³-hybridized carbons (Fsp3) is 0.312. The van der Waals surface area contributed by atoms with Gasteiger partial charge in [0.25, 0.3) is 5.91 Å². The number of carbonyl (C=O) groups is 1. The van der Waals surface area contributed by atoms with Crippen LogP contribution < -0.4 is 5.32 Å². The number of rotatable bonds is 7. The minimum absolute atomic E-state index is 0.00411. The van der Waals surface area contributed by atoms with Gasteiger partial charge in [0.15, 0.2) is 5.76 Å². The van der Waals surface area contributed by atoms with Gasteiger partial charge in [0, 0.05) is 18.4 Å². The van der Waals surface area contributed by atoms with E-state index in [1.54, 1.807) is 36.0 Å². The smallest absolute Gasteiger partial charge is 0.287 e. The fourth-order valence-corrected chi connectivity index (χ4v) is 2.73. The van der Waals surface area contributed by atoms with Crippen LogP contribution in [0.3, 0.4) is 0 Å². The van der Waals surface area contributed by atoms with Crippen LogP contribution in [0, 0.1) is 5.82 Å². The van der Waals surface area contributed by atoms with E-state index in [1.807, 2.05) is 6.26 Å². The van der Waals surface area contributed by atoms with E-state index in [9.17, 15) is 9.18 Å². The molecule has 1 atom stereocenters. The van der Waals surface area contributed by atoms with Crippen molar-refractivity contribution in [2.24, 2.45) is 0 Å². The maximum Gasteiger partial charge on any atom is 0.287 e. The third kappa shape index (κ3) is 4.11. The molecule has 0 bridgehead atoms. The largest absolute Gasteiger partial charge is 0.451 e. The number of hydrogen-bond donors (Lipinski definition) is 2. The van der Waals surface area contributed by atoms with E-state index < -0.39 is 5.82 Å². The minimum Gasteiger partial charge on any atom is -0.451 e. The summed E-state index contributed by atoms with van der Waals surface area (Å²) in [6, 6.07) is 9.20. The van der Waals surface area contributed by atoms with Crippen molar-refractivity contribution in [3.8, 4) is 11.3 Å². The van der Waals surface area contributed by atoms with Crippen molar-refractivity contribution in [2.45, 2.75) is 12.5 Å². The summed E-state index contributed by atoms with van der Waals surface area (Å²) in [6.45, 7) is 0.00411. The highest BCUT2D eigenvalue weighted by Crippen LogP contribution is 2.24. The average molecular weight is 323 g/mol. The molecule has 0 aliphatic rings. The molecule has 1 heterocycles. The lowest BCUT2D eigenvalue weighted by Crippen LogP contribution is -2.37. The molecule has 1 amide bonds. The SMILES string of the molecule is CSCC(CCO)NC(=O)c1ccc(-c2ccccc2F)o1. The third-order valence-corrected chi connectivity index (χ3v) is 3.89. The van der Waals surface area contributed by atoms with Gasteiger partial charge < -0.3 is 14.8 Å². The summed E-state index contributed by atoms with van der Waals surface area (Å²) >= 11 is 1.58. The number of nitrogens with one attached hydrogen (secondary N) is 1. The van der Waals surface area contributed by atoms with Gasteiger partial charge in [0.1, 0.15) is 11.6 Å². The molecule has 2 N–H and O–H groups in total. The number of hydrogen-bond acceptors (Lipinski definition) is 4. The molecular formula is C16H18FNO3S. The van der Waals surface area contributed by atoms with Crippen LogP contribution in [0.1, 0.15) is 17.0 Å². The number of carbonyl (C=O) groups excluding carboxylic acids is 1. The molecule has 118 valence electrons. The quantitative estimate of drug-likeness (QED) is 0.822. The van der Waals surface area contributed by atoms with E-state index >= 15 is 0 Å². The molecule has 4 nitrogen and oxygen atoms in total. The Morgan fingerprint density at radius 1 is 1.36 bits per heavy atom. The zero-order valence-corrected chi connectivity index (χ0v) is 13.0. The number of benzene rings is 1. The van der Waals surface area contributed by atoms with Crippen molar-refractivity contribution >= 4 is 17.7 Å². The number of thioether (sulfide) groups is 1. The second kappa shape index (κ2) is 8.00. The monoisotopic (exact) mass is 323 g/mol. The van der Waals surface area contributed by atoms with Gasteiger partial charge in [0.2, 0.25) is 0 Å². The van der Waals surface area contributed by atoms with Gasteiger partial charge in [-0.05, 0) is 36.9 Å². The van der Waals surface area contributed by atoms with Crippen LogP contribution in [0.5, 0.6) is 0 Å². The first-order valence-electron chi connectivity index (χ1n) is 6.91. The Bertz CT molecular complexity index is 623. The zero-order chi connectivity index (χ0) is 15.9. The van der Waals surface area contributed by atoms with E-state index in [-0.39, 0.29) is 24.3 Å². The van der Waals surface area contributed by atoms with E-state index in [1.165, 1.54) is 12.1 Å². The summed E-state index contributed by atoms with van der Waals surface area (Å²) in [7, 11) is 0. The molecule has 1 aromatic carbocycles. The molecule has 0 aliphatic heterocycles. The van der Waals surface area contributed by atoms with Crippen LogP contribution in [0.15, 0.2) is 40.8 Å². The third-order valence-electron chi connectivity index (χ3n) is 3.15. The second-order valence-electron chi connectivity index (χ2n) is 4.78. The predicted octanol–water partition coefficient (Wildman–Crippen LogP) is 2.93. The van der Waals surface area contributed by atoms with E-state index in [0.29, 0.717) is 23.5 Å². The summed E-state index contributed by atoms with van der Waals surface area (Å²) in [4.78, 5) is 12.1. The lowest BCUT2D eigenvalue weighted by atomic mass is 10.1. The van der Waals surface area contributed by atoms with Crippen LogP contribution in [-0.4, -0.2) is 35.7 Å². The number of halogens is 1. The highest BCUT2D eigenvalue weighted by atomic mass is 32.2. The van der Waals surface area contributed by atoms with Crippen LogP contribution >= 0.6 is 11.8 Å². The first-order chi connectivity index (χ1) is 10.7. The molecule has 6 heteroatoms. The van der Waals surface area contributed by atoms with Crippen molar-refractivity contribution in [3.63, 3.8) is 0 Å². The van der Waals surface area contributed by atoms with Gasteiger partial charge in [-0.1, -0.05) is 12.1 Å². The molecule has 0 fully saturated rings.